The standard InChI is InChI=1S/C14H22ClO4P/c1-3-5-10-17-20(16,18-11-6-4-2)19-14-9-7-8-13(15)12-14/h7-9,12H,3-6,10-11H2,1-2H3. The van der Waals surface area contributed by atoms with Crippen LogP contribution in [0.2, 0.25) is 5.02 Å². The Bertz CT molecular complexity index is 425. The van der Waals surface area contributed by atoms with E-state index in [9.17, 15) is 4.57 Å². The zero-order valence-corrected chi connectivity index (χ0v) is 13.7. The molecule has 0 saturated heterocycles. The maximum atomic E-state index is 12.5. The van der Waals surface area contributed by atoms with Gasteiger partial charge < -0.3 is 4.52 Å². The van der Waals surface area contributed by atoms with Crippen molar-refractivity contribution in [3.8, 4) is 5.75 Å². The van der Waals surface area contributed by atoms with Crippen LogP contribution in [0.15, 0.2) is 24.3 Å². The van der Waals surface area contributed by atoms with Crippen LogP contribution in [-0.4, -0.2) is 13.2 Å². The van der Waals surface area contributed by atoms with Crippen molar-refractivity contribution in [3.63, 3.8) is 0 Å². The normalized spacial score (nSPS) is 11.6. The van der Waals surface area contributed by atoms with E-state index in [1.165, 1.54) is 0 Å². The zero-order valence-electron chi connectivity index (χ0n) is 12.0. The fourth-order valence-electron chi connectivity index (χ4n) is 1.38. The molecular formula is C14H22ClO4P. The second-order valence-electron chi connectivity index (χ2n) is 4.37. The van der Waals surface area contributed by atoms with Crippen LogP contribution in [0, 0.1) is 0 Å². The molecule has 0 unspecified atom stereocenters. The Labute approximate surface area is 126 Å². The van der Waals surface area contributed by atoms with Gasteiger partial charge in [-0.05, 0) is 31.0 Å². The molecule has 20 heavy (non-hydrogen) atoms. The van der Waals surface area contributed by atoms with Crippen LogP contribution < -0.4 is 4.52 Å². The average molecular weight is 321 g/mol. The Morgan fingerprint density at radius 2 is 1.70 bits per heavy atom. The van der Waals surface area contributed by atoms with Gasteiger partial charge in [-0.2, -0.15) is 0 Å². The predicted molar refractivity (Wildman–Crippen MR) is 81.4 cm³/mol. The van der Waals surface area contributed by atoms with Gasteiger partial charge in [0.1, 0.15) is 5.75 Å². The molecule has 0 aliphatic heterocycles. The highest BCUT2D eigenvalue weighted by molar-refractivity contribution is 7.48. The third-order valence-corrected chi connectivity index (χ3v) is 4.18. The van der Waals surface area contributed by atoms with Crippen LogP contribution in [0.3, 0.4) is 0 Å². The molecule has 0 heterocycles. The molecule has 0 fully saturated rings. The maximum absolute atomic E-state index is 12.5. The van der Waals surface area contributed by atoms with Crippen LogP contribution in [0.25, 0.3) is 0 Å². The zero-order chi connectivity index (χ0) is 14.8. The van der Waals surface area contributed by atoms with E-state index >= 15 is 0 Å². The molecular weight excluding hydrogens is 299 g/mol. The molecule has 0 bridgehead atoms. The van der Waals surface area contributed by atoms with E-state index in [0.717, 1.165) is 25.7 Å². The van der Waals surface area contributed by atoms with Crippen LogP contribution in [-0.2, 0) is 13.6 Å². The number of phosphoric acid groups is 1. The molecule has 0 aromatic heterocycles. The van der Waals surface area contributed by atoms with E-state index in [0.29, 0.717) is 24.0 Å². The third-order valence-electron chi connectivity index (χ3n) is 2.51. The second kappa shape index (κ2) is 9.41. The highest BCUT2D eigenvalue weighted by atomic mass is 35.5. The van der Waals surface area contributed by atoms with Gasteiger partial charge in [-0.1, -0.05) is 44.4 Å². The monoisotopic (exact) mass is 320 g/mol. The van der Waals surface area contributed by atoms with Gasteiger partial charge in [0.15, 0.2) is 0 Å². The van der Waals surface area contributed by atoms with E-state index < -0.39 is 7.82 Å². The third kappa shape index (κ3) is 6.76. The summed E-state index contributed by atoms with van der Waals surface area (Å²) in [5.74, 6) is 0.383. The van der Waals surface area contributed by atoms with Gasteiger partial charge in [0.25, 0.3) is 0 Å². The highest BCUT2D eigenvalue weighted by Gasteiger charge is 2.28. The van der Waals surface area contributed by atoms with E-state index in [2.05, 4.69) is 0 Å². The van der Waals surface area contributed by atoms with Crippen molar-refractivity contribution in [2.45, 2.75) is 39.5 Å². The lowest BCUT2D eigenvalue weighted by Crippen LogP contribution is -2.05. The van der Waals surface area contributed by atoms with E-state index in [-0.39, 0.29) is 0 Å². The first kappa shape index (κ1) is 17.5. The fraction of sp³-hybridized carbons (Fsp3) is 0.571. The summed E-state index contributed by atoms with van der Waals surface area (Å²) in [7, 11) is -3.58. The van der Waals surface area contributed by atoms with Gasteiger partial charge in [0.05, 0.1) is 13.2 Å². The summed E-state index contributed by atoms with van der Waals surface area (Å²) in [5.41, 5.74) is 0. The first-order valence-corrected chi connectivity index (χ1v) is 8.77. The topological polar surface area (TPSA) is 44.8 Å². The number of rotatable bonds is 10. The number of hydrogen-bond donors (Lipinski definition) is 0. The first-order valence-electron chi connectivity index (χ1n) is 6.94. The summed E-state index contributed by atoms with van der Waals surface area (Å²) in [4.78, 5) is 0. The van der Waals surface area contributed by atoms with Crippen molar-refractivity contribution in [2.24, 2.45) is 0 Å². The van der Waals surface area contributed by atoms with Crippen LogP contribution in [0.4, 0.5) is 0 Å². The Morgan fingerprint density at radius 3 is 2.20 bits per heavy atom. The van der Waals surface area contributed by atoms with Gasteiger partial charge in [-0.3, -0.25) is 9.05 Å². The summed E-state index contributed by atoms with van der Waals surface area (Å²) < 4.78 is 28.6. The van der Waals surface area contributed by atoms with E-state index in [1.54, 1.807) is 24.3 Å². The molecule has 1 aromatic rings. The summed E-state index contributed by atoms with van der Waals surface area (Å²) in [6.07, 6.45) is 3.51. The minimum absolute atomic E-state index is 0.348. The molecule has 0 amide bonds. The van der Waals surface area contributed by atoms with Crippen LogP contribution >= 0.6 is 19.4 Å². The minimum Gasteiger partial charge on any atom is -0.404 e. The Balaban J connectivity index is 2.67. The maximum Gasteiger partial charge on any atom is 0.530 e. The lowest BCUT2D eigenvalue weighted by molar-refractivity contribution is 0.152. The summed E-state index contributed by atoms with van der Waals surface area (Å²) in [6.45, 7) is 4.76. The molecule has 114 valence electrons. The molecule has 0 radical (unpaired) electrons. The largest absolute Gasteiger partial charge is 0.530 e. The van der Waals surface area contributed by atoms with Crippen molar-refractivity contribution < 1.29 is 18.1 Å². The van der Waals surface area contributed by atoms with Crippen LogP contribution in [0.5, 0.6) is 5.75 Å². The molecule has 0 saturated carbocycles. The molecule has 0 atom stereocenters. The quantitative estimate of drug-likeness (QED) is 0.424. The van der Waals surface area contributed by atoms with E-state index in [4.69, 9.17) is 25.2 Å². The van der Waals surface area contributed by atoms with Gasteiger partial charge in [-0.15, -0.1) is 0 Å². The highest BCUT2D eigenvalue weighted by Crippen LogP contribution is 2.50. The summed E-state index contributed by atoms with van der Waals surface area (Å²) in [6, 6.07) is 6.70. The molecule has 4 nitrogen and oxygen atoms in total. The lowest BCUT2D eigenvalue weighted by atomic mass is 10.3. The summed E-state index contributed by atoms with van der Waals surface area (Å²) >= 11 is 5.88. The first-order chi connectivity index (χ1) is 9.59. The molecule has 1 aromatic carbocycles. The molecule has 0 N–H and O–H groups in total. The van der Waals surface area contributed by atoms with Crippen molar-refractivity contribution >= 4 is 19.4 Å². The number of hydrogen-bond acceptors (Lipinski definition) is 4. The molecule has 1 rings (SSSR count). The minimum atomic E-state index is -3.58. The summed E-state index contributed by atoms with van der Waals surface area (Å²) in [5, 5.41) is 0.510. The van der Waals surface area contributed by atoms with E-state index in [1.807, 2.05) is 13.8 Å². The van der Waals surface area contributed by atoms with Crippen molar-refractivity contribution in [1.82, 2.24) is 0 Å². The lowest BCUT2D eigenvalue weighted by Gasteiger charge is -2.18. The van der Waals surface area contributed by atoms with Crippen LogP contribution in [0.1, 0.15) is 39.5 Å². The van der Waals surface area contributed by atoms with Crippen molar-refractivity contribution in [3.05, 3.63) is 29.3 Å². The SMILES string of the molecule is CCCCOP(=O)(OCCCC)Oc1cccc(Cl)c1. The van der Waals surface area contributed by atoms with Gasteiger partial charge in [-0.25, -0.2) is 4.57 Å². The molecule has 0 spiro atoms. The second-order valence-corrected chi connectivity index (χ2v) is 6.40. The van der Waals surface area contributed by atoms with Crippen molar-refractivity contribution in [2.75, 3.05) is 13.2 Å². The fourth-order valence-corrected chi connectivity index (χ4v) is 2.82. The molecule has 0 aliphatic carbocycles. The van der Waals surface area contributed by atoms with Gasteiger partial charge >= 0.3 is 7.82 Å². The number of unbranched alkanes of at least 4 members (excludes halogenated alkanes) is 2. The Hall–Kier alpha value is -0.540. The molecule has 0 aliphatic rings. The van der Waals surface area contributed by atoms with Gasteiger partial charge in [0.2, 0.25) is 0 Å². The average Bonchev–Trinajstić information content (AvgIpc) is 2.39. The Kier molecular flexibility index (Phi) is 8.24. The number of benzene rings is 1. The number of phosphoric ester groups is 1. The Morgan fingerprint density at radius 1 is 1.10 bits per heavy atom. The smallest absolute Gasteiger partial charge is 0.404 e. The molecule has 6 heteroatoms. The van der Waals surface area contributed by atoms with Crippen molar-refractivity contribution in [1.29, 1.82) is 0 Å². The van der Waals surface area contributed by atoms with Gasteiger partial charge in [0, 0.05) is 5.02 Å². The number of halogens is 1. The predicted octanol–water partition coefficient (Wildman–Crippen LogP) is 5.46.